The van der Waals surface area contributed by atoms with E-state index in [2.05, 4.69) is 19.7 Å². The van der Waals surface area contributed by atoms with Gasteiger partial charge in [0.25, 0.3) is 0 Å². The van der Waals surface area contributed by atoms with Crippen LogP contribution < -0.4 is 0 Å². The molecule has 0 aromatic carbocycles. The highest BCUT2D eigenvalue weighted by Gasteiger charge is 2.16. The molecule has 0 aliphatic rings. The summed E-state index contributed by atoms with van der Waals surface area (Å²) >= 11 is 0. The minimum Gasteiger partial charge on any atom is -0.376 e. The van der Waals surface area contributed by atoms with Gasteiger partial charge >= 0.3 is 0 Å². The fourth-order valence-electron chi connectivity index (χ4n) is 0.726. The number of allylic oxidation sites excluding steroid dienone is 1. The first kappa shape index (κ1) is 21.2. The van der Waals surface area contributed by atoms with Crippen LogP contribution in [0.4, 0.5) is 0 Å². The third-order valence-electron chi connectivity index (χ3n) is 1.69. The van der Waals surface area contributed by atoms with E-state index in [-0.39, 0.29) is 5.41 Å². The van der Waals surface area contributed by atoms with Gasteiger partial charge in [0, 0.05) is 5.41 Å². The summed E-state index contributed by atoms with van der Waals surface area (Å²) in [5.41, 5.74) is 0.654. The molecule has 0 saturated heterocycles. The Morgan fingerprint density at radius 1 is 1.29 bits per heavy atom. The lowest BCUT2D eigenvalue weighted by Gasteiger charge is -2.16. The lowest BCUT2D eigenvalue weighted by Crippen LogP contribution is -2.21. The lowest BCUT2D eigenvalue weighted by atomic mass is 9.98. The summed E-state index contributed by atoms with van der Waals surface area (Å²) in [5, 5.41) is 0. The molecule has 0 aliphatic carbocycles. The molecule has 0 rings (SSSR count). The Hall–Kier alpha value is -1.15. The average Bonchev–Trinajstić information content (AvgIpc) is 2.39. The van der Waals surface area contributed by atoms with Crippen LogP contribution in [0.5, 0.6) is 0 Å². The zero-order chi connectivity index (χ0) is 14.3. The van der Waals surface area contributed by atoms with Crippen LogP contribution in [0.15, 0.2) is 37.5 Å². The second-order valence-corrected chi connectivity index (χ2v) is 3.67. The monoisotopic (exact) mass is 240 g/mol. The van der Waals surface area contributed by atoms with Crippen LogP contribution in [-0.4, -0.2) is 19.5 Å². The van der Waals surface area contributed by atoms with Crippen LogP contribution in [0.25, 0.3) is 0 Å². The molecule has 0 radical (unpaired) electrons. The predicted octanol–water partition coefficient (Wildman–Crippen LogP) is 4.19. The molecule has 0 atom stereocenters. The molecule has 100 valence electrons. The molecule has 0 aromatic rings. The summed E-state index contributed by atoms with van der Waals surface area (Å²) in [6.45, 7) is 20.3. The summed E-state index contributed by atoms with van der Waals surface area (Å²) in [6, 6.07) is 0. The van der Waals surface area contributed by atoms with Gasteiger partial charge in [0.05, 0.1) is 13.2 Å². The number of carbonyl (C=O) groups is 1. The summed E-state index contributed by atoms with van der Waals surface area (Å²) in [5.74, 6) is 0. The van der Waals surface area contributed by atoms with Crippen molar-refractivity contribution >= 4 is 6.29 Å². The van der Waals surface area contributed by atoms with Gasteiger partial charge < -0.3 is 9.53 Å². The molecular weight excluding hydrogens is 212 g/mol. The van der Waals surface area contributed by atoms with Crippen molar-refractivity contribution in [2.24, 2.45) is 5.41 Å². The van der Waals surface area contributed by atoms with Gasteiger partial charge in [0.15, 0.2) is 0 Å². The molecule has 0 N–H and O–H groups in total. The fraction of sp³-hybridized carbons (Fsp3) is 0.533. The SMILES string of the molecule is C=C.C=C/C(=C\C)COCC(C)(C)C=O.CC. The molecule has 17 heavy (non-hydrogen) atoms. The highest BCUT2D eigenvalue weighted by atomic mass is 16.5. The number of aldehydes is 1. The molecular formula is C15H28O2. The van der Waals surface area contributed by atoms with Crippen LogP contribution in [-0.2, 0) is 9.53 Å². The maximum Gasteiger partial charge on any atom is 0.127 e. The molecule has 2 nitrogen and oxygen atoms in total. The minimum atomic E-state index is -0.389. The molecule has 0 amide bonds. The third-order valence-corrected chi connectivity index (χ3v) is 1.69. The maximum atomic E-state index is 10.5. The van der Waals surface area contributed by atoms with E-state index in [1.165, 1.54) is 0 Å². The summed E-state index contributed by atoms with van der Waals surface area (Å²) in [6.07, 6.45) is 4.62. The number of hydrogen-bond acceptors (Lipinski definition) is 2. The summed E-state index contributed by atoms with van der Waals surface area (Å²) in [7, 11) is 0. The zero-order valence-electron chi connectivity index (χ0n) is 12.1. The van der Waals surface area contributed by atoms with Crippen LogP contribution >= 0.6 is 0 Å². The van der Waals surface area contributed by atoms with Gasteiger partial charge in [-0.3, -0.25) is 0 Å². The van der Waals surface area contributed by atoms with E-state index in [1.54, 1.807) is 6.08 Å². The van der Waals surface area contributed by atoms with Gasteiger partial charge in [-0.2, -0.15) is 0 Å². The Bertz CT molecular complexity index is 215. The Morgan fingerprint density at radius 2 is 1.76 bits per heavy atom. The second-order valence-electron chi connectivity index (χ2n) is 3.67. The second kappa shape index (κ2) is 14.8. The molecule has 0 spiro atoms. The van der Waals surface area contributed by atoms with E-state index >= 15 is 0 Å². The highest BCUT2D eigenvalue weighted by molar-refractivity contribution is 5.57. The van der Waals surface area contributed by atoms with Crippen LogP contribution in [0.1, 0.15) is 34.6 Å². The topological polar surface area (TPSA) is 26.3 Å². The number of hydrogen-bond donors (Lipinski definition) is 0. The van der Waals surface area contributed by atoms with E-state index in [1.807, 2.05) is 40.7 Å². The Labute approximate surface area is 107 Å². The number of ether oxygens (including phenoxy) is 1. The van der Waals surface area contributed by atoms with Crippen LogP contribution in [0.2, 0.25) is 0 Å². The van der Waals surface area contributed by atoms with Crippen molar-refractivity contribution in [2.75, 3.05) is 13.2 Å². The largest absolute Gasteiger partial charge is 0.376 e. The quantitative estimate of drug-likeness (QED) is 0.395. The van der Waals surface area contributed by atoms with E-state index in [0.29, 0.717) is 13.2 Å². The van der Waals surface area contributed by atoms with Crippen molar-refractivity contribution in [3.8, 4) is 0 Å². The fourth-order valence-corrected chi connectivity index (χ4v) is 0.726. The first-order valence-corrected chi connectivity index (χ1v) is 5.87. The Kier molecular flexibility index (Phi) is 18.5. The van der Waals surface area contributed by atoms with Gasteiger partial charge in [-0.05, 0) is 12.5 Å². The normalized spacial score (nSPS) is 10.3. The van der Waals surface area contributed by atoms with Gasteiger partial charge in [-0.15, -0.1) is 13.2 Å². The van der Waals surface area contributed by atoms with E-state index in [9.17, 15) is 4.79 Å². The van der Waals surface area contributed by atoms with Crippen molar-refractivity contribution in [3.63, 3.8) is 0 Å². The minimum absolute atomic E-state index is 0.389. The first-order valence-electron chi connectivity index (χ1n) is 5.87. The smallest absolute Gasteiger partial charge is 0.127 e. The molecule has 0 bridgehead atoms. The van der Waals surface area contributed by atoms with Crippen LogP contribution in [0, 0.1) is 5.41 Å². The number of carbonyl (C=O) groups excluding carboxylic acids is 1. The van der Waals surface area contributed by atoms with Gasteiger partial charge in [0.1, 0.15) is 6.29 Å². The molecule has 0 aliphatic heterocycles. The van der Waals surface area contributed by atoms with Crippen molar-refractivity contribution in [2.45, 2.75) is 34.6 Å². The molecule has 0 fully saturated rings. The van der Waals surface area contributed by atoms with Gasteiger partial charge in [-0.1, -0.05) is 46.4 Å². The summed E-state index contributed by atoms with van der Waals surface area (Å²) < 4.78 is 5.36. The van der Waals surface area contributed by atoms with Crippen molar-refractivity contribution in [3.05, 3.63) is 37.5 Å². The average molecular weight is 240 g/mol. The van der Waals surface area contributed by atoms with Gasteiger partial charge in [0.2, 0.25) is 0 Å². The standard InChI is InChI=1S/C11H18O2.C2H6.C2H4/c1-5-10(6-2)7-13-9-11(3,4)8-12;2*1-2/h5-6,8H,1,7,9H2,2-4H3;1-2H3;1-2H2/b10-6+;;. The third kappa shape index (κ3) is 14.8. The first-order chi connectivity index (χ1) is 8.05. The highest BCUT2D eigenvalue weighted by Crippen LogP contribution is 2.11. The van der Waals surface area contributed by atoms with Crippen molar-refractivity contribution in [1.29, 1.82) is 0 Å². The maximum absolute atomic E-state index is 10.5. The predicted molar refractivity (Wildman–Crippen MR) is 77.2 cm³/mol. The lowest BCUT2D eigenvalue weighted by molar-refractivity contribution is -0.117. The molecule has 0 aromatic heterocycles. The molecule has 0 heterocycles. The molecule has 2 heteroatoms. The molecule has 0 saturated carbocycles. The van der Waals surface area contributed by atoms with Crippen LogP contribution in [0.3, 0.4) is 0 Å². The number of rotatable bonds is 6. The van der Waals surface area contributed by atoms with Crippen molar-refractivity contribution in [1.82, 2.24) is 0 Å². The van der Waals surface area contributed by atoms with E-state index < -0.39 is 0 Å². The van der Waals surface area contributed by atoms with E-state index in [0.717, 1.165) is 11.9 Å². The zero-order valence-corrected chi connectivity index (χ0v) is 12.1. The Balaban J connectivity index is -0.000000439. The summed E-state index contributed by atoms with van der Waals surface area (Å²) in [4.78, 5) is 10.5. The van der Waals surface area contributed by atoms with Crippen molar-refractivity contribution < 1.29 is 9.53 Å². The van der Waals surface area contributed by atoms with E-state index in [4.69, 9.17) is 4.74 Å². The Morgan fingerprint density at radius 3 is 2.06 bits per heavy atom. The molecule has 0 unspecified atom stereocenters. The van der Waals surface area contributed by atoms with Gasteiger partial charge in [-0.25, -0.2) is 0 Å².